The molecule has 4 heterocycles. The molecule has 9 nitrogen and oxygen atoms in total. The van der Waals surface area contributed by atoms with E-state index in [1.54, 1.807) is 15.6 Å². The second-order valence-electron chi connectivity index (χ2n) is 7.20. The van der Waals surface area contributed by atoms with Gasteiger partial charge in [0.05, 0.1) is 12.1 Å². The number of hydrogen-bond acceptors (Lipinski definition) is 7. The van der Waals surface area contributed by atoms with Crippen LogP contribution in [-0.2, 0) is 16.1 Å². The molecule has 0 saturated carbocycles. The summed E-state index contributed by atoms with van der Waals surface area (Å²) in [6.45, 7) is 3.37. The van der Waals surface area contributed by atoms with Crippen LogP contribution < -0.4 is 0 Å². The van der Waals surface area contributed by atoms with Gasteiger partial charge in [-0.05, 0) is 18.9 Å². The third-order valence-electron chi connectivity index (χ3n) is 5.50. The molecule has 2 aromatic heterocycles. The van der Waals surface area contributed by atoms with Crippen molar-refractivity contribution < 1.29 is 14.6 Å². The van der Waals surface area contributed by atoms with Crippen LogP contribution in [-0.4, -0.2) is 85.9 Å². The van der Waals surface area contributed by atoms with E-state index in [0.29, 0.717) is 38.3 Å². The molecular formula is C17H24N6O3. The molecule has 0 aromatic carbocycles. The molecule has 140 valence electrons. The van der Waals surface area contributed by atoms with Crippen LogP contribution in [0.5, 0.6) is 0 Å². The van der Waals surface area contributed by atoms with Crippen molar-refractivity contribution >= 4 is 11.7 Å². The van der Waals surface area contributed by atoms with E-state index in [1.165, 1.54) is 7.11 Å². The Morgan fingerprint density at radius 1 is 1.38 bits per heavy atom. The Bertz CT molecular complexity index is 763. The molecule has 2 atom stereocenters. The average Bonchev–Trinajstić information content (AvgIpc) is 3.04. The largest absolute Gasteiger partial charge is 0.389 e. The number of nitrogens with zero attached hydrogens (tertiary/aromatic N) is 6. The molecule has 0 spiro atoms. The third kappa shape index (κ3) is 3.29. The number of methoxy groups -OCH3 is 1. The van der Waals surface area contributed by atoms with Crippen LogP contribution in [0.4, 0.5) is 0 Å². The molecule has 0 unspecified atom stereocenters. The SMILES string of the molecule is COCC(=O)N1CC[C@]2(O)CCN(Cc3nc4ncccn4n3)C[C@@H]2C1. The summed E-state index contributed by atoms with van der Waals surface area (Å²) in [4.78, 5) is 24.8. The monoisotopic (exact) mass is 360 g/mol. The molecule has 2 fully saturated rings. The van der Waals surface area contributed by atoms with Crippen molar-refractivity contribution in [1.29, 1.82) is 0 Å². The van der Waals surface area contributed by atoms with Crippen molar-refractivity contribution in [3.05, 3.63) is 24.3 Å². The number of aliphatic hydroxyl groups is 1. The number of hydrogen-bond donors (Lipinski definition) is 1. The summed E-state index contributed by atoms with van der Waals surface area (Å²) < 4.78 is 6.63. The maximum Gasteiger partial charge on any atom is 0.252 e. The summed E-state index contributed by atoms with van der Waals surface area (Å²) in [6, 6.07) is 1.82. The van der Waals surface area contributed by atoms with Crippen LogP contribution >= 0.6 is 0 Å². The molecule has 0 aliphatic carbocycles. The maximum atomic E-state index is 12.1. The summed E-state index contributed by atoms with van der Waals surface area (Å²) >= 11 is 0. The number of rotatable bonds is 4. The van der Waals surface area contributed by atoms with Crippen molar-refractivity contribution in [2.24, 2.45) is 5.92 Å². The molecule has 2 aromatic rings. The first kappa shape index (κ1) is 17.3. The van der Waals surface area contributed by atoms with Gasteiger partial charge in [0.2, 0.25) is 5.91 Å². The highest BCUT2D eigenvalue weighted by Crippen LogP contribution is 2.35. The maximum absolute atomic E-state index is 12.1. The lowest BCUT2D eigenvalue weighted by Gasteiger charge is -2.50. The number of ether oxygens (including phenoxy) is 1. The highest BCUT2D eigenvalue weighted by atomic mass is 16.5. The Morgan fingerprint density at radius 3 is 3.04 bits per heavy atom. The van der Waals surface area contributed by atoms with Crippen molar-refractivity contribution in [3.63, 3.8) is 0 Å². The Morgan fingerprint density at radius 2 is 2.23 bits per heavy atom. The van der Waals surface area contributed by atoms with Gasteiger partial charge in [-0.2, -0.15) is 4.98 Å². The number of aromatic nitrogens is 4. The molecule has 0 radical (unpaired) electrons. The van der Waals surface area contributed by atoms with E-state index < -0.39 is 5.60 Å². The molecular weight excluding hydrogens is 336 g/mol. The van der Waals surface area contributed by atoms with E-state index in [2.05, 4.69) is 20.0 Å². The van der Waals surface area contributed by atoms with Crippen LogP contribution in [0.15, 0.2) is 18.5 Å². The zero-order chi connectivity index (χ0) is 18.1. The standard InChI is InChI=1S/C17H24N6O3/c1-26-12-15(24)22-8-4-17(25)3-7-21(9-13(17)10-22)11-14-19-16-18-5-2-6-23(16)20-14/h2,5-6,13,25H,3-4,7-12H2,1H3/t13-,17-/m1/s1. The first-order chi connectivity index (χ1) is 12.6. The fraction of sp³-hybridized carbons (Fsp3) is 0.647. The van der Waals surface area contributed by atoms with Crippen LogP contribution in [0.1, 0.15) is 18.7 Å². The number of piperidine rings is 2. The quantitative estimate of drug-likeness (QED) is 0.789. The lowest BCUT2D eigenvalue weighted by atomic mass is 9.75. The highest BCUT2D eigenvalue weighted by Gasteiger charge is 2.45. The van der Waals surface area contributed by atoms with Crippen molar-refractivity contribution in [1.82, 2.24) is 29.4 Å². The van der Waals surface area contributed by atoms with E-state index in [-0.39, 0.29) is 18.4 Å². The first-order valence-corrected chi connectivity index (χ1v) is 8.95. The number of amides is 1. The zero-order valence-electron chi connectivity index (χ0n) is 14.9. The van der Waals surface area contributed by atoms with E-state index >= 15 is 0 Å². The fourth-order valence-corrected chi connectivity index (χ4v) is 4.00. The van der Waals surface area contributed by atoms with Gasteiger partial charge in [0, 0.05) is 51.6 Å². The lowest BCUT2D eigenvalue weighted by Crippen LogP contribution is -2.60. The van der Waals surface area contributed by atoms with Gasteiger partial charge in [-0.3, -0.25) is 9.69 Å². The van der Waals surface area contributed by atoms with Crippen LogP contribution in [0, 0.1) is 5.92 Å². The minimum Gasteiger partial charge on any atom is -0.389 e. The number of carbonyl (C=O) groups is 1. The van der Waals surface area contributed by atoms with Gasteiger partial charge in [0.1, 0.15) is 6.61 Å². The first-order valence-electron chi connectivity index (χ1n) is 8.95. The van der Waals surface area contributed by atoms with E-state index in [1.807, 2.05) is 12.3 Å². The van der Waals surface area contributed by atoms with Crippen molar-refractivity contribution in [2.45, 2.75) is 25.0 Å². The van der Waals surface area contributed by atoms with E-state index in [4.69, 9.17) is 4.74 Å². The highest BCUT2D eigenvalue weighted by molar-refractivity contribution is 5.77. The second kappa shape index (κ2) is 6.90. The van der Waals surface area contributed by atoms with Gasteiger partial charge in [0.15, 0.2) is 5.82 Å². The van der Waals surface area contributed by atoms with E-state index in [9.17, 15) is 9.90 Å². The van der Waals surface area contributed by atoms with Gasteiger partial charge in [0.25, 0.3) is 5.78 Å². The average molecular weight is 360 g/mol. The summed E-state index contributed by atoms with van der Waals surface area (Å²) in [6.07, 6.45) is 4.85. The van der Waals surface area contributed by atoms with Crippen molar-refractivity contribution in [3.8, 4) is 0 Å². The minimum absolute atomic E-state index is 0.0141. The van der Waals surface area contributed by atoms with Gasteiger partial charge in [-0.1, -0.05) is 0 Å². The number of carbonyl (C=O) groups excluding carboxylic acids is 1. The molecule has 0 bridgehead atoms. The van der Waals surface area contributed by atoms with Gasteiger partial charge in [-0.25, -0.2) is 9.50 Å². The fourth-order valence-electron chi connectivity index (χ4n) is 4.00. The van der Waals surface area contributed by atoms with Crippen LogP contribution in [0.3, 0.4) is 0 Å². The summed E-state index contributed by atoms with van der Waals surface area (Å²) in [5.74, 6) is 1.32. The Balaban J connectivity index is 1.43. The van der Waals surface area contributed by atoms with Gasteiger partial charge < -0.3 is 14.7 Å². The Hall–Kier alpha value is -2.10. The molecule has 26 heavy (non-hydrogen) atoms. The summed E-state index contributed by atoms with van der Waals surface area (Å²) in [5.41, 5.74) is -0.686. The predicted octanol–water partition coefficient (Wildman–Crippen LogP) is -0.444. The zero-order valence-corrected chi connectivity index (χ0v) is 14.9. The molecule has 1 amide bonds. The molecule has 2 aliphatic heterocycles. The predicted molar refractivity (Wildman–Crippen MR) is 92.2 cm³/mol. The number of fused-ring (bicyclic) bond motifs is 2. The molecule has 9 heteroatoms. The molecule has 4 rings (SSSR count). The molecule has 2 saturated heterocycles. The van der Waals surface area contributed by atoms with Crippen molar-refractivity contribution in [2.75, 3.05) is 39.9 Å². The Kier molecular flexibility index (Phi) is 4.60. The van der Waals surface area contributed by atoms with Crippen LogP contribution in [0.25, 0.3) is 5.78 Å². The summed E-state index contributed by atoms with van der Waals surface area (Å²) in [7, 11) is 1.53. The second-order valence-corrected chi connectivity index (χ2v) is 7.20. The van der Waals surface area contributed by atoms with Gasteiger partial charge in [-0.15, -0.1) is 5.10 Å². The normalized spacial score (nSPS) is 26.8. The molecule has 1 N–H and O–H groups in total. The van der Waals surface area contributed by atoms with Crippen LogP contribution in [0.2, 0.25) is 0 Å². The smallest absolute Gasteiger partial charge is 0.252 e. The van der Waals surface area contributed by atoms with E-state index in [0.717, 1.165) is 18.9 Å². The molecule has 2 aliphatic rings. The minimum atomic E-state index is -0.686. The van der Waals surface area contributed by atoms with Gasteiger partial charge >= 0.3 is 0 Å². The number of likely N-dealkylation sites (tertiary alicyclic amines) is 2. The summed E-state index contributed by atoms with van der Waals surface area (Å²) in [5, 5.41) is 15.4. The third-order valence-corrected chi connectivity index (χ3v) is 5.50. The Labute approximate surface area is 151 Å². The lowest BCUT2D eigenvalue weighted by molar-refractivity contribution is -0.150. The topological polar surface area (TPSA) is 96.1 Å².